The van der Waals surface area contributed by atoms with Crippen molar-refractivity contribution in [3.8, 4) is 0 Å². The summed E-state index contributed by atoms with van der Waals surface area (Å²) in [5.74, 6) is 2.12. The van der Waals surface area contributed by atoms with Crippen molar-refractivity contribution in [2.24, 2.45) is 0 Å². The quantitative estimate of drug-likeness (QED) is 0.787. The molecule has 0 unspecified atom stereocenters. The highest BCUT2D eigenvalue weighted by Gasteiger charge is 2.11. The first-order valence-electron chi connectivity index (χ1n) is 7.17. The Morgan fingerprint density at radius 3 is 2.44 bits per heavy atom. The normalized spacial score (nSPS) is 16.6. The van der Waals surface area contributed by atoms with Gasteiger partial charge in [0.1, 0.15) is 11.5 Å². The van der Waals surface area contributed by atoms with Crippen LogP contribution >= 0.6 is 0 Å². The summed E-state index contributed by atoms with van der Waals surface area (Å²) in [7, 11) is 0. The van der Waals surface area contributed by atoms with Gasteiger partial charge in [-0.2, -0.15) is 0 Å². The van der Waals surface area contributed by atoms with Crippen molar-refractivity contribution in [1.82, 2.24) is 10.2 Å². The minimum absolute atomic E-state index is 0.939. The van der Waals surface area contributed by atoms with Crippen molar-refractivity contribution in [2.75, 3.05) is 26.2 Å². The van der Waals surface area contributed by atoms with Crippen LogP contribution in [0.5, 0.6) is 0 Å². The molecule has 1 aliphatic heterocycles. The fraction of sp³-hybridized carbons (Fsp3) is 0.733. The van der Waals surface area contributed by atoms with Crippen LogP contribution in [0.15, 0.2) is 4.42 Å². The van der Waals surface area contributed by atoms with Crippen molar-refractivity contribution in [3.63, 3.8) is 0 Å². The molecule has 1 saturated heterocycles. The van der Waals surface area contributed by atoms with Gasteiger partial charge in [-0.3, -0.25) is 0 Å². The molecule has 0 bridgehead atoms. The van der Waals surface area contributed by atoms with Gasteiger partial charge in [-0.25, -0.2) is 0 Å². The third-order valence-corrected chi connectivity index (χ3v) is 4.04. The van der Waals surface area contributed by atoms with Gasteiger partial charge in [0.15, 0.2) is 0 Å². The predicted octanol–water partition coefficient (Wildman–Crippen LogP) is 2.78. The Morgan fingerprint density at radius 1 is 1.11 bits per heavy atom. The van der Waals surface area contributed by atoms with Crippen LogP contribution in [0.25, 0.3) is 0 Å². The van der Waals surface area contributed by atoms with Gasteiger partial charge in [-0.15, -0.1) is 0 Å². The summed E-state index contributed by atoms with van der Waals surface area (Å²) in [6.07, 6.45) is 4.02. The van der Waals surface area contributed by atoms with Crippen LogP contribution in [0, 0.1) is 20.8 Å². The highest BCUT2D eigenvalue weighted by Crippen LogP contribution is 2.20. The van der Waals surface area contributed by atoms with Crippen molar-refractivity contribution in [2.45, 2.75) is 46.6 Å². The minimum Gasteiger partial charge on any atom is -0.466 e. The van der Waals surface area contributed by atoms with Crippen molar-refractivity contribution < 1.29 is 4.42 Å². The second kappa shape index (κ2) is 6.39. The molecular weight excluding hydrogens is 224 g/mol. The summed E-state index contributed by atoms with van der Waals surface area (Å²) in [4.78, 5) is 2.57. The third kappa shape index (κ3) is 3.36. The molecule has 0 atom stereocenters. The molecular formula is C15H26N2O. The molecule has 3 nitrogen and oxygen atoms in total. The fourth-order valence-corrected chi connectivity index (χ4v) is 2.75. The maximum Gasteiger partial charge on any atom is 0.105 e. The summed E-state index contributed by atoms with van der Waals surface area (Å²) in [6.45, 7) is 12.1. The zero-order valence-electron chi connectivity index (χ0n) is 12.0. The molecule has 1 aliphatic rings. The molecule has 0 aromatic carbocycles. The highest BCUT2D eigenvalue weighted by atomic mass is 16.3. The topological polar surface area (TPSA) is 28.4 Å². The van der Waals surface area contributed by atoms with E-state index < -0.39 is 0 Å². The van der Waals surface area contributed by atoms with Gasteiger partial charge in [0.2, 0.25) is 0 Å². The number of rotatable bonds is 6. The number of nitrogens with one attached hydrogen (secondary N) is 1. The second-order valence-corrected chi connectivity index (χ2v) is 5.40. The predicted molar refractivity (Wildman–Crippen MR) is 74.9 cm³/mol. The highest BCUT2D eigenvalue weighted by molar-refractivity contribution is 5.31. The minimum atomic E-state index is 0.939. The molecule has 0 spiro atoms. The monoisotopic (exact) mass is 250 g/mol. The number of likely N-dealkylation sites (tertiary alicyclic amines) is 1. The molecule has 2 rings (SSSR count). The van der Waals surface area contributed by atoms with Crippen LogP contribution in [0.2, 0.25) is 0 Å². The van der Waals surface area contributed by atoms with E-state index >= 15 is 0 Å². The molecule has 102 valence electrons. The van der Waals surface area contributed by atoms with Gasteiger partial charge in [0.05, 0.1) is 0 Å². The van der Waals surface area contributed by atoms with Gasteiger partial charge in [-0.1, -0.05) is 0 Å². The zero-order chi connectivity index (χ0) is 13.0. The van der Waals surface area contributed by atoms with E-state index in [4.69, 9.17) is 4.42 Å². The Bertz CT molecular complexity index is 378. The van der Waals surface area contributed by atoms with Gasteiger partial charge >= 0.3 is 0 Å². The summed E-state index contributed by atoms with van der Waals surface area (Å²) >= 11 is 0. The van der Waals surface area contributed by atoms with Crippen molar-refractivity contribution >= 4 is 0 Å². The number of furan rings is 1. The number of hydrogen-bond donors (Lipinski definition) is 1. The molecule has 0 amide bonds. The Morgan fingerprint density at radius 2 is 1.83 bits per heavy atom. The molecule has 1 fully saturated rings. The summed E-state index contributed by atoms with van der Waals surface area (Å²) in [5, 5.41) is 3.53. The Hall–Kier alpha value is -0.800. The fourth-order valence-electron chi connectivity index (χ4n) is 2.75. The standard InChI is InChI=1S/C15H26N2O/c1-12-13(2)18-14(3)15(12)11-16-7-6-10-17-8-4-5-9-17/h16H,4-11H2,1-3H3. The summed E-state index contributed by atoms with van der Waals surface area (Å²) < 4.78 is 5.64. The lowest BCUT2D eigenvalue weighted by Crippen LogP contribution is -2.24. The molecule has 1 aromatic rings. The molecule has 0 aliphatic carbocycles. The second-order valence-electron chi connectivity index (χ2n) is 5.40. The van der Waals surface area contributed by atoms with Crippen LogP contribution < -0.4 is 5.32 Å². The van der Waals surface area contributed by atoms with Crippen LogP contribution in [-0.4, -0.2) is 31.1 Å². The maximum absolute atomic E-state index is 5.64. The van der Waals surface area contributed by atoms with Crippen LogP contribution in [0.3, 0.4) is 0 Å². The first-order chi connectivity index (χ1) is 8.68. The lowest BCUT2D eigenvalue weighted by atomic mass is 10.1. The Labute approximate surface area is 111 Å². The molecule has 1 aromatic heterocycles. The van der Waals surface area contributed by atoms with E-state index in [1.54, 1.807) is 0 Å². The molecule has 2 heterocycles. The van der Waals surface area contributed by atoms with Gasteiger partial charge in [-0.05, 0) is 71.8 Å². The SMILES string of the molecule is Cc1oc(C)c(CNCCCN2CCCC2)c1C. The Balaban J connectivity index is 1.65. The molecule has 0 saturated carbocycles. The van der Waals surface area contributed by atoms with Gasteiger partial charge < -0.3 is 14.6 Å². The first-order valence-corrected chi connectivity index (χ1v) is 7.17. The maximum atomic E-state index is 5.64. The number of hydrogen-bond acceptors (Lipinski definition) is 3. The third-order valence-electron chi connectivity index (χ3n) is 4.04. The Kier molecular flexibility index (Phi) is 4.84. The van der Waals surface area contributed by atoms with E-state index in [2.05, 4.69) is 24.1 Å². The van der Waals surface area contributed by atoms with E-state index in [1.165, 1.54) is 50.0 Å². The van der Waals surface area contributed by atoms with Crippen LogP contribution in [-0.2, 0) is 6.54 Å². The average molecular weight is 250 g/mol. The van der Waals surface area contributed by atoms with E-state index in [0.29, 0.717) is 0 Å². The average Bonchev–Trinajstić information content (AvgIpc) is 2.92. The van der Waals surface area contributed by atoms with E-state index in [0.717, 1.165) is 24.6 Å². The lowest BCUT2D eigenvalue weighted by Gasteiger charge is -2.14. The van der Waals surface area contributed by atoms with Gasteiger partial charge in [0.25, 0.3) is 0 Å². The molecule has 18 heavy (non-hydrogen) atoms. The van der Waals surface area contributed by atoms with Gasteiger partial charge in [0, 0.05) is 12.1 Å². The number of aryl methyl sites for hydroxylation is 2. The van der Waals surface area contributed by atoms with E-state index in [9.17, 15) is 0 Å². The number of nitrogens with zero attached hydrogens (tertiary/aromatic N) is 1. The van der Waals surface area contributed by atoms with E-state index in [1.807, 2.05) is 6.92 Å². The molecule has 0 radical (unpaired) electrons. The summed E-state index contributed by atoms with van der Waals surface area (Å²) in [5.41, 5.74) is 2.65. The summed E-state index contributed by atoms with van der Waals surface area (Å²) in [6, 6.07) is 0. The van der Waals surface area contributed by atoms with Crippen LogP contribution in [0.4, 0.5) is 0 Å². The smallest absolute Gasteiger partial charge is 0.105 e. The molecule has 1 N–H and O–H groups in total. The largest absolute Gasteiger partial charge is 0.466 e. The lowest BCUT2D eigenvalue weighted by molar-refractivity contribution is 0.331. The van der Waals surface area contributed by atoms with Crippen LogP contribution in [0.1, 0.15) is 41.9 Å². The zero-order valence-corrected chi connectivity index (χ0v) is 12.0. The first kappa shape index (κ1) is 13.6. The van der Waals surface area contributed by atoms with Crippen molar-refractivity contribution in [1.29, 1.82) is 0 Å². The van der Waals surface area contributed by atoms with E-state index in [-0.39, 0.29) is 0 Å². The van der Waals surface area contributed by atoms with Crippen molar-refractivity contribution in [3.05, 3.63) is 22.6 Å². The molecule has 3 heteroatoms.